The smallest absolute Gasteiger partial charge is 0.260 e. The Hall–Kier alpha value is -3.86. The van der Waals surface area contributed by atoms with Crippen molar-refractivity contribution in [3.05, 3.63) is 48.0 Å². The number of ether oxygens (including phenoxy) is 2. The second kappa shape index (κ2) is 7.04. The first-order valence-corrected chi connectivity index (χ1v) is 8.50. The first-order chi connectivity index (χ1) is 13.6. The SMILES string of the molecule is C#CCn1cc(N2Cc3nc(-c4cnc(OC)c(OC)c4)ccc3C2=O)cn1. The first-order valence-electron chi connectivity index (χ1n) is 8.50. The number of hydrogen-bond acceptors (Lipinski definition) is 6. The van der Waals surface area contributed by atoms with Gasteiger partial charge in [-0.1, -0.05) is 5.92 Å². The van der Waals surface area contributed by atoms with Crippen LogP contribution >= 0.6 is 0 Å². The molecule has 0 atom stereocenters. The fourth-order valence-corrected chi connectivity index (χ4v) is 3.10. The molecule has 4 heterocycles. The van der Waals surface area contributed by atoms with Crippen LogP contribution in [0.4, 0.5) is 5.69 Å². The second-order valence-electron chi connectivity index (χ2n) is 6.12. The summed E-state index contributed by atoms with van der Waals surface area (Å²) in [5.41, 5.74) is 3.43. The number of nitrogens with zero attached hydrogens (tertiary/aromatic N) is 5. The molecule has 0 saturated carbocycles. The first kappa shape index (κ1) is 17.5. The van der Waals surface area contributed by atoms with E-state index in [1.54, 1.807) is 53.5 Å². The van der Waals surface area contributed by atoms with Gasteiger partial charge in [-0.05, 0) is 18.2 Å². The van der Waals surface area contributed by atoms with Crippen molar-refractivity contribution in [3.63, 3.8) is 0 Å². The summed E-state index contributed by atoms with van der Waals surface area (Å²) in [5.74, 6) is 3.32. The molecule has 8 heteroatoms. The molecule has 3 aromatic rings. The predicted molar refractivity (Wildman–Crippen MR) is 102 cm³/mol. The predicted octanol–water partition coefficient (Wildman–Crippen LogP) is 2.15. The zero-order valence-corrected chi connectivity index (χ0v) is 15.4. The van der Waals surface area contributed by atoms with Gasteiger partial charge in [-0.2, -0.15) is 5.10 Å². The van der Waals surface area contributed by atoms with Crippen molar-refractivity contribution in [2.75, 3.05) is 19.1 Å². The number of pyridine rings is 2. The normalized spacial score (nSPS) is 12.6. The molecule has 28 heavy (non-hydrogen) atoms. The number of amides is 1. The number of carbonyl (C=O) groups is 1. The lowest BCUT2D eigenvalue weighted by Gasteiger charge is -2.11. The average Bonchev–Trinajstić information content (AvgIpc) is 3.31. The van der Waals surface area contributed by atoms with Crippen molar-refractivity contribution < 1.29 is 14.3 Å². The van der Waals surface area contributed by atoms with Gasteiger partial charge in [0.05, 0.1) is 49.6 Å². The molecular formula is C20H17N5O3. The third-order valence-corrected chi connectivity index (χ3v) is 4.47. The minimum absolute atomic E-state index is 0.111. The van der Waals surface area contributed by atoms with Crippen LogP contribution in [0.1, 0.15) is 16.1 Å². The van der Waals surface area contributed by atoms with Gasteiger partial charge in [-0.3, -0.25) is 19.4 Å². The largest absolute Gasteiger partial charge is 0.491 e. The topological polar surface area (TPSA) is 82.4 Å². The van der Waals surface area contributed by atoms with E-state index in [1.807, 2.05) is 0 Å². The third kappa shape index (κ3) is 2.93. The highest BCUT2D eigenvalue weighted by Gasteiger charge is 2.31. The van der Waals surface area contributed by atoms with Gasteiger partial charge in [0.15, 0.2) is 5.75 Å². The molecule has 0 unspecified atom stereocenters. The van der Waals surface area contributed by atoms with E-state index in [2.05, 4.69) is 21.0 Å². The minimum Gasteiger partial charge on any atom is -0.491 e. The summed E-state index contributed by atoms with van der Waals surface area (Å²) >= 11 is 0. The molecule has 0 aliphatic carbocycles. The van der Waals surface area contributed by atoms with Crippen molar-refractivity contribution >= 4 is 11.6 Å². The van der Waals surface area contributed by atoms with Gasteiger partial charge in [0.1, 0.15) is 6.54 Å². The van der Waals surface area contributed by atoms with Gasteiger partial charge in [0.25, 0.3) is 11.8 Å². The van der Waals surface area contributed by atoms with Crippen LogP contribution in [-0.2, 0) is 13.1 Å². The van der Waals surface area contributed by atoms with Crippen molar-refractivity contribution in [3.8, 4) is 35.2 Å². The zero-order chi connectivity index (χ0) is 19.7. The van der Waals surface area contributed by atoms with Gasteiger partial charge in [-0.15, -0.1) is 6.42 Å². The highest BCUT2D eigenvalue weighted by Crippen LogP contribution is 2.32. The molecule has 0 N–H and O–H groups in total. The van der Waals surface area contributed by atoms with E-state index in [9.17, 15) is 4.79 Å². The number of hydrogen-bond donors (Lipinski definition) is 0. The van der Waals surface area contributed by atoms with Crippen LogP contribution in [0.25, 0.3) is 11.3 Å². The van der Waals surface area contributed by atoms with Gasteiger partial charge < -0.3 is 9.47 Å². The van der Waals surface area contributed by atoms with Crippen LogP contribution < -0.4 is 14.4 Å². The molecule has 1 aliphatic rings. The lowest BCUT2D eigenvalue weighted by molar-refractivity contribution is 0.0996. The standard InChI is InChI=1S/C20H17N5O3/c1-4-7-24-11-14(10-22-24)25-12-17-15(20(25)26)5-6-16(23-17)13-8-18(27-2)19(28-3)21-9-13/h1,5-6,8-11H,7,12H2,2-3H3. The molecule has 1 aliphatic heterocycles. The van der Waals surface area contributed by atoms with Crippen LogP contribution in [0.5, 0.6) is 11.6 Å². The highest BCUT2D eigenvalue weighted by molar-refractivity contribution is 6.09. The fraction of sp³-hybridized carbons (Fsp3) is 0.200. The van der Waals surface area contributed by atoms with Crippen molar-refractivity contribution in [1.82, 2.24) is 19.7 Å². The molecule has 4 rings (SSSR count). The van der Waals surface area contributed by atoms with Crippen LogP contribution in [0.15, 0.2) is 36.8 Å². The van der Waals surface area contributed by atoms with E-state index >= 15 is 0 Å². The van der Waals surface area contributed by atoms with E-state index < -0.39 is 0 Å². The molecule has 0 saturated heterocycles. The number of aromatic nitrogens is 4. The summed E-state index contributed by atoms with van der Waals surface area (Å²) in [6, 6.07) is 5.38. The Labute approximate surface area is 161 Å². The molecule has 1 amide bonds. The molecular weight excluding hydrogens is 358 g/mol. The average molecular weight is 375 g/mol. The Balaban J connectivity index is 1.64. The molecule has 3 aromatic heterocycles. The molecule has 0 bridgehead atoms. The van der Waals surface area contributed by atoms with Gasteiger partial charge in [-0.25, -0.2) is 4.98 Å². The maximum atomic E-state index is 12.8. The van der Waals surface area contributed by atoms with E-state index in [1.165, 1.54) is 7.11 Å². The maximum absolute atomic E-state index is 12.8. The van der Waals surface area contributed by atoms with Crippen LogP contribution in [-0.4, -0.2) is 39.9 Å². The van der Waals surface area contributed by atoms with E-state index in [4.69, 9.17) is 15.9 Å². The van der Waals surface area contributed by atoms with Gasteiger partial charge in [0, 0.05) is 18.0 Å². The summed E-state index contributed by atoms with van der Waals surface area (Å²) in [5, 5.41) is 4.17. The second-order valence-corrected chi connectivity index (χ2v) is 6.12. The third-order valence-electron chi connectivity index (χ3n) is 4.47. The van der Waals surface area contributed by atoms with E-state index in [0.717, 1.165) is 5.56 Å². The van der Waals surface area contributed by atoms with Crippen molar-refractivity contribution in [1.29, 1.82) is 0 Å². The Morgan fingerprint density at radius 1 is 1.25 bits per heavy atom. The Morgan fingerprint density at radius 2 is 2.11 bits per heavy atom. The zero-order valence-electron chi connectivity index (χ0n) is 15.4. The maximum Gasteiger partial charge on any atom is 0.260 e. The number of carbonyl (C=O) groups excluding carboxylic acids is 1. The summed E-state index contributed by atoms with van der Waals surface area (Å²) in [4.78, 5) is 23.3. The number of rotatable bonds is 5. The van der Waals surface area contributed by atoms with Crippen LogP contribution in [0.2, 0.25) is 0 Å². The van der Waals surface area contributed by atoms with Crippen LogP contribution in [0, 0.1) is 12.3 Å². The molecule has 0 spiro atoms. The number of fused-ring (bicyclic) bond motifs is 1. The number of terminal acetylenes is 1. The Bertz CT molecular complexity index is 1100. The summed E-state index contributed by atoms with van der Waals surface area (Å²) < 4.78 is 12.1. The quantitative estimate of drug-likeness (QED) is 0.636. The Morgan fingerprint density at radius 3 is 2.86 bits per heavy atom. The van der Waals surface area contributed by atoms with Gasteiger partial charge in [0.2, 0.25) is 0 Å². The number of methoxy groups -OCH3 is 2. The molecule has 8 nitrogen and oxygen atoms in total. The minimum atomic E-state index is -0.111. The lowest BCUT2D eigenvalue weighted by atomic mass is 10.1. The molecule has 0 aromatic carbocycles. The summed E-state index contributed by atoms with van der Waals surface area (Å²) in [6.07, 6.45) is 10.3. The van der Waals surface area contributed by atoms with Crippen LogP contribution in [0.3, 0.4) is 0 Å². The fourth-order valence-electron chi connectivity index (χ4n) is 3.10. The van der Waals surface area contributed by atoms with Crippen molar-refractivity contribution in [2.24, 2.45) is 0 Å². The van der Waals surface area contributed by atoms with E-state index in [0.29, 0.717) is 47.4 Å². The van der Waals surface area contributed by atoms with E-state index in [-0.39, 0.29) is 5.91 Å². The summed E-state index contributed by atoms with van der Waals surface area (Å²) in [7, 11) is 3.08. The molecule has 140 valence electrons. The summed E-state index contributed by atoms with van der Waals surface area (Å²) in [6.45, 7) is 0.716. The number of anilines is 1. The highest BCUT2D eigenvalue weighted by atomic mass is 16.5. The Kier molecular flexibility index (Phi) is 4.41. The molecule has 0 radical (unpaired) electrons. The monoisotopic (exact) mass is 375 g/mol. The van der Waals surface area contributed by atoms with Crippen molar-refractivity contribution in [2.45, 2.75) is 13.1 Å². The van der Waals surface area contributed by atoms with Gasteiger partial charge >= 0.3 is 0 Å². The lowest BCUT2D eigenvalue weighted by Crippen LogP contribution is -2.22. The molecule has 0 fully saturated rings.